The van der Waals surface area contributed by atoms with Crippen molar-refractivity contribution in [3.05, 3.63) is 35.1 Å². The molecule has 0 atom stereocenters. The van der Waals surface area contributed by atoms with Gasteiger partial charge in [0.25, 0.3) is 0 Å². The smallest absolute Gasteiger partial charge is 0.371 e. The van der Waals surface area contributed by atoms with Crippen molar-refractivity contribution < 1.29 is 14.3 Å². The summed E-state index contributed by atoms with van der Waals surface area (Å²) in [6.45, 7) is 9.32. The molecule has 1 heterocycles. The third-order valence-corrected chi connectivity index (χ3v) is 1.58. The third-order valence-electron chi connectivity index (χ3n) is 1.58. The molecule has 0 aliphatic carbocycles. The zero-order valence-electron chi connectivity index (χ0n) is 9.28. The Kier molecular flexibility index (Phi) is 5.86. The Morgan fingerprint density at radius 1 is 1.53 bits per heavy atom. The number of carboxylic acids is 1. The van der Waals surface area contributed by atoms with Crippen molar-refractivity contribution in [1.82, 2.24) is 0 Å². The molecule has 0 saturated heterocycles. The van der Waals surface area contributed by atoms with E-state index in [1.165, 1.54) is 6.07 Å². The molecule has 0 aliphatic heterocycles. The molecule has 0 unspecified atom stereocenters. The Morgan fingerprint density at radius 2 is 2.13 bits per heavy atom. The van der Waals surface area contributed by atoms with Gasteiger partial charge in [-0.15, -0.1) is 0 Å². The number of furan rings is 1. The van der Waals surface area contributed by atoms with Crippen molar-refractivity contribution >= 4 is 18.1 Å². The highest BCUT2D eigenvalue weighted by Crippen LogP contribution is 1.90. The predicted octanol–water partition coefficient (Wildman–Crippen LogP) is 1.77. The minimum Gasteiger partial charge on any atom is -0.475 e. The van der Waals surface area contributed by atoms with Crippen molar-refractivity contribution in [3.8, 4) is 0 Å². The molecule has 0 amide bonds. The summed E-state index contributed by atoms with van der Waals surface area (Å²) in [7, 11) is 0. The van der Waals surface area contributed by atoms with Crippen LogP contribution < -0.4 is 10.6 Å². The fourth-order valence-electron chi connectivity index (χ4n) is 0.987. The molecule has 0 aliphatic rings. The van der Waals surface area contributed by atoms with Crippen molar-refractivity contribution in [2.24, 2.45) is 0 Å². The molecule has 1 aromatic heterocycles. The van der Waals surface area contributed by atoms with Crippen LogP contribution in [0.25, 0.3) is 12.2 Å². The molecule has 1 aromatic rings. The maximum absolute atomic E-state index is 10.5. The monoisotopic (exact) mass is 208 g/mol. The first-order chi connectivity index (χ1) is 7.19. The molecule has 3 heteroatoms. The van der Waals surface area contributed by atoms with E-state index in [-0.39, 0.29) is 5.76 Å². The zero-order chi connectivity index (χ0) is 11.8. The number of allylic oxidation sites excluding steroid dienone is 1. The Balaban J connectivity index is 0.000000921. The van der Waals surface area contributed by atoms with E-state index in [0.29, 0.717) is 5.42 Å². The second-order valence-electron chi connectivity index (χ2n) is 2.43. The van der Waals surface area contributed by atoms with Gasteiger partial charge in [-0.2, -0.15) is 0 Å². The first-order valence-electron chi connectivity index (χ1n) is 4.81. The van der Waals surface area contributed by atoms with E-state index in [2.05, 4.69) is 6.58 Å². The number of carbonyl (C=O) groups is 1. The first kappa shape index (κ1) is 13.2. The Morgan fingerprint density at radius 3 is 2.53 bits per heavy atom. The predicted molar refractivity (Wildman–Crippen MR) is 61.1 cm³/mol. The third kappa shape index (κ3) is 3.46. The molecule has 15 heavy (non-hydrogen) atoms. The van der Waals surface area contributed by atoms with Gasteiger partial charge in [0.2, 0.25) is 5.76 Å². The van der Waals surface area contributed by atoms with E-state index in [1.54, 1.807) is 18.2 Å². The lowest BCUT2D eigenvalue weighted by molar-refractivity contribution is 0.0660. The summed E-state index contributed by atoms with van der Waals surface area (Å²) >= 11 is 0. The topological polar surface area (TPSA) is 50.4 Å². The lowest BCUT2D eigenvalue weighted by Crippen LogP contribution is -2.17. The van der Waals surface area contributed by atoms with E-state index in [9.17, 15) is 4.79 Å². The van der Waals surface area contributed by atoms with Crippen LogP contribution >= 0.6 is 0 Å². The highest BCUT2D eigenvalue weighted by Gasteiger charge is 2.06. The first-order valence-corrected chi connectivity index (χ1v) is 4.81. The molecule has 82 valence electrons. The summed E-state index contributed by atoms with van der Waals surface area (Å²) in [6.07, 6.45) is 4.96. The summed E-state index contributed by atoms with van der Waals surface area (Å²) in [5.41, 5.74) is 0.523. The summed E-state index contributed by atoms with van der Waals surface area (Å²) < 4.78 is 5.05. The van der Waals surface area contributed by atoms with Crippen LogP contribution in [0.2, 0.25) is 0 Å². The number of hydrogen-bond donors (Lipinski definition) is 1. The van der Waals surface area contributed by atoms with Crippen LogP contribution in [-0.2, 0) is 0 Å². The van der Waals surface area contributed by atoms with E-state index >= 15 is 0 Å². The van der Waals surface area contributed by atoms with Crippen LogP contribution in [0.15, 0.2) is 23.1 Å². The average Bonchev–Trinajstić information content (AvgIpc) is 2.65. The van der Waals surface area contributed by atoms with Gasteiger partial charge in [-0.25, -0.2) is 4.79 Å². The van der Waals surface area contributed by atoms with Gasteiger partial charge in [-0.1, -0.05) is 32.6 Å². The molecule has 0 bridgehead atoms. The normalized spacial score (nSPS) is 11.9. The van der Waals surface area contributed by atoms with Gasteiger partial charge >= 0.3 is 5.97 Å². The molecular weight excluding hydrogens is 192 g/mol. The molecule has 0 spiro atoms. The van der Waals surface area contributed by atoms with Crippen molar-refractivity contribution in [2.75, 3.05) is 0 Å². The molecule has 1 N–H and O–H groups in total. The van der Waals surface area contributed by atoms with Gasteiger partial charge in [0.15, 0.2) is 0 Å². The van der Waals surface area contributed by atoms with Gasteiger partial charge in [0.1, 0.15) is 5.42 Å². The number of hydrogen-bond acceptors (Lipinski definition) is 2. The minimum atomic E-state index is -1.06. The summed E-state index contributed by atoms with van der Waals surface area (Å²) in [5.74, 6) is -1.12. The standard InChI is InChI=1S/C10H10O3.C2H6/c1-3-5-8-7(4-2)6-9(13-8)10(11)12;1-2/h3-6H,1H2,2H3,(H,11,12);1-2H3/b7-4-,8-5+;. The highest BCUT2D eigenvalue weighted by atomic mass is 16.4. The van der Waals surface area contributed by atoms with Gasteiger partial charge in [0, 0.05) is 5.22 Å². The maximum atomic E-state index is 10.5. The lowest BCUT2D eigenvalue weighted by atomic mass is 10.3. The minimum absolute atomic E-state index is 0.0544. The second kappa shape index (κ2) is 6.65. The van der Waals surface area contributed by atoms with Crippen molar-refractivity contribution in [1.29, 1.82) is 0 Å². The fraction of sp³-hybridized carbons (Fsp3) is 0.250. The highest BCUT2D eigenvalue weighted by molar-refractivity contribution is 5.84. The van der Waals surface area contributed by atoms with Crippen LogP contribution in [0, 0.1) is 0 Å². The quantitative estimate of drug-likeness (QED) is 0.805. The molecule has 0 fully saturated rings. The number of rotatable bonds is 2. The van der Waals surface area contributed by atoms with Crippen LogP contribution in [0.1, 0.15) is 31.3 Å². The van der Waals surface area contributed by atoms with Crippen LogP contribution in [-0.4, -0.2) is 11.1 Å². The molecule has 0 saturated carbocycles. The van der Waals surface area contributed by atoms with E-state index < -0.39 is 5.97 Å². The fourth-order valence-corrected chi connectivity index (χ4v) is 0.987. The molecule has 0 aromatic carbocycles. The van der Waals surface area contributed by atoms with E-state index in [0.717, 1.165) is 5.22 Å². The number of carboxylic acid groups (broad SMARTS) is 1. The summed E-state index contributed by atoms with van der Waals surface area (Å²) in [5, 5.41) is 9.40. The number of aromatic carboxylic acids is 1. The van der Waals surface area contributed by atoms with Gasteiger partial charge in [-0.3, -0.25) is 0 Å². The molecule has 3 nitrogen and oxygen atoms in total. The Bertz CT molecular complexity index is 438. The van der Waals surface area contributed by atoms with Gasteiger partial charge in [-0.05, 0) is 19.1 Å². The van der Waals surface area contributed by atoms with Gasteiger partial charge < -0.3 is 9.52 Å². The zero-order valence-corrected chi connectivity index (χ0v) is 9.28. The Labute approximate surface area is 89.0 Å². The molecular formula is C12H16O3. The van der Waals surface area contributed by atoms with Gasteiger partial charge in [0.05, 0.1) is 0 Å². The van der Waals surface area contributed by atoms with Crippen molar-refractivity contribution in [3.63, 3.8) is 0 Å². The second-order valence-corrected chi connectivity index (χ2v) is 2.43. The van der Waals surface area contributed by atoms with Crippen LogP contribution in [0.3, 0.4) is 0 Å². The summed E-state index contributed by atoms with van der Waals surface area (Å²) in [4.78, 5) is 10.5. The maximum Gasteiger partial charge on any atom is 0.371 e. The largest absolute Gasteiger partial charge is 0.475 e. The Hall–Kier alpha value is -1.77. The lowest BCUT2D eigenvalue weighted by Gasteiger charge is -1.80. The average molecular weight is 208 g/mol. The molecule has 1 rings (SSSR count). The SMILES string of the molecule is C=C/C=c1/oc(C(=O)O)c/c1=C/C.CC. The summed E-state index contributed by atoms with van der Waals surface area (Å²) in [6, 6.07) is 1.48. The van der Waals surface area contributed by atoms with Crippen LogP contribution in [0.4, 0.5) is 0 Å². The van der Waals surface area contributed by atoms with Crippen LogP contribution in [0.5, 0.6) is 0 Å². The van der Waals surface area contributed by atoms with Crippen molar-refractivity contribution in [2.45, 2.75) is 20.8 Å². The van der Waals surface area contributed by atoms with E-state index in [4.69, 9.17) is 9.52 Å². The molecule has 0 radical (unpaired) electrons. The van der Waals surface area contributed by atoms with E-state index in [1.807, 2.05) is 20.8 Å².